The Bertz CT molecular complexity index is 599. The van der Waals surface area contributed by atoms with Crippen molar-refractivity contribution in [3.8, 4) is 0 Å². The normalized spacial score (nSPS) is 27.4. The molecule has 2 aliphatic heterocycles. The molecule has 4 atom stereocenters. The van der Waals surface area contributed by atoms with Crippen LogP contribution in [0.25, 0.3) is 0 Å². The third kappa shape index (κ3) is 4.19. The summed E-state index contributed by atoms with van der Waals surface area (Å²) in [6.07, 6.45) is 1.47. The molecule has 2 fully saturated rings. The highest BCUT2D eigenvalue weighted by molar-refractivity contribution is 5.82. The smallest absolute Gasteiger partial charge is 0.308 e. The van der Waals surface area contributed by atoms with Gasteiger partial charge in [-0.3, -0.25) is 9.59 Å². The second kappa shape index (κ2) is 7.97. The minimum absolute atomic E-state index is 0.0673. The van der Waals surface area contributed by atoms with E-state index in [1.54, 1.807) is 11.8 Å². The molecule has 0 aliphatic carbocycles. The number of amides is 1. The summed E-state index contributed by atoms with van der Waals surface area (Å²) < 4.78 is 11.2. The van der Waals surface area contributed by atoms with Crippen molar-refractivity contribution >= 4 is 11.9 Å². The Hall–Kier alpha value is -1.92. The van der Waals surface area contributed by atoms with Crippen LogP contribution in [0.15, 0.2) is 30.3 Å². The highest BCUT2D eigenvalue weighted by atomic mass is 16.5. The predicted molar refractivity (Wildman–Crippen MR) is 91.3 cm³/mol. The molecular formula is C19H25NO5. The van der Waals surface area contributed by atoms with E-state index in [9.17, 15) is 14.7 Å². The summed E-state index contributed by atoms with van der Waals surface area (Å²) >= 11 is 0. The van der Waals surface area contributed by atoms with Crippen molar-refractivity contribution in [3.05, 3.63) is 35.9 Å². The first-order valence-corrected chi connectivity index (χ1v) is 8.86. The summed E-state index contributed by atoms with van der Waals surface area (Å²) in [6.45, 7) is 3.52. The minimum Gasteiger partial charge on any atom is -0.481 e. The zero-order chi connectivity index (χ0) is 17.8. The van der Waals surface area contributed by atoms with Crippen molar-refractivity contribution in [3.63, 3.8) is 0 Å². The molecule has 25 heavy (non-hydrogen) atoms. The Morgan fingerprint density at radius 2 is 2.08 bits per heavy atom. The van der Waals surface area contributed by atoms with Crippen LogP contribution in [0, 0.1) is 5.92 Å². The lowest BCUT2D eigenvalue weighted by Gasteiger charge is -2.22. The number of carbonyl (C=O) groups excluding carboxylic acids is 1. The molecular weight excluding hydrogens is 322 g/mol. The van der Waals surface area contributed by atoms with Gasteiger partial charge in [0.15, 0.2) is 0 Å². The lowest BCUT2D eigenvalue weighted by molar-refractivity contribution is -0.144. The number of benzene rings is 1. The van der Waals surface area contributed by atoms with Gasteiger partial charge < -0.3 is 19.5 Å². The van der Waals surface area contributed by atoms with Gasteiger partial charge in [0.05, 0.1) is 18.6 Å². The number of hydrogen-bond acceptors (Lipinski definition) is 4. The maximum atomic E-state index is 12.7. The van der Waals surface area contributed by atoms with E-state index in [0.717, 1.165) is 25.0 Å². The van der Waals surface area contributed by atoms with Gasteiger partial charge in [-0.1, -0.05) is 30.3 Å². The van der Waals surface area contributed by atoms with E-state index in [1.807, 2.05) is 30.3 Å². The van der Waals surface area contributed by atoms with Gasteiger partial charge in [-0.25, -0.2) is 0 Å². The lowest BCUT2D eigenvalue weighted by atomic mass is 9.89. The van der Waals surface area contributed by atoms with Crippen LogP contribution in [-0.2, 0) is 19.1 Å². The fraction of sp³-hybridized carbons (Fsp3) is 0.579. The van der Waals surface area contributed by atoms with E-state index in [1.165, 1.54) is 0 Å². The number of likely N-dealkylation sites (tertiary alicyclic amines) is 1. The fourth-order valence-corrected chi connectivity index (χ4v) is 3.63. The second-order valence-corrected chi connectivity index (χ2v) is 6.82. The first-order valence-electron chi connectivity index (χ1n) is 8.86. The van der Waals surface area contributed by atoms with Gasteiger partial charge in [0.2, 0.25) is 0 Å². The molecule has 1 aromatic rings. The van der Waals surface area contributed by atoms with Crippen molar-refractivity contribution in [2.75, 3.05) is 26.3 Å². The van der Waals surface area contributed by atoms with Crippen molar-refractivity contribution in [1.82, 2.24) is 4.90 Å². The molecule has 2 aliphatic rings. The zero-order valence-corrected chi connectivity index (χ0v) is 14.5. The first-order chi connectivity index (χ1) is 12.1. The number of hydrogen-bond donors (Lipinski definition) is 1. The highest BCUT2D eigenvalue weighted by Crippen LogP contribution is 2.33. The maximum Gasteiger partial charge on any atom is 0.308 e. The molecule has 1 N–H and O–H groups in total. The monoisotopic (exact) mass is 347 g/mol. The molecule has 0 aromatic heterocycles. The maximum absolute atomic E-state index is 12.7. The Balaban J connectivity index is 1.61. The summed E-state index contributed by atoms with van der Waals surface area (Å²) in [5.74, 6) is -1.79. The van der Waals surface area contributed by atoms with Crippen molar-refractivity contribution in [2.24, 2.45) is 5.92 Å². The van der Waals surface area contributed by atoms with E-state index in [0.29, 0.717) is 13.2 Å². The van der Waals surface area contributed by atoms with Crippen molar-refractivity contribution < 1.29 is 24.2 Å². The zero-order valence-electron chi connectivity index (χ0n) is 14.5. The molecule has 6 heteroatoms. The third-order valence-electron chi connectivity index (χ3n) is 5.08. The van der Waals surface area contributed by atoms with E-state index in [-0.39, 0.29) is 24.5 Å². The van der Waals surface area contributed by atoms with Gasteiger partial charge in [-0.2, -0.15) is 0 Å². The number of rotatable bonds is 6. The van der Waals surface area contributed by atoms with Crippen LogP contribution >= 0.6 is 0 Å². The van der Waals surface area contributed by atoms with E-state index >= 15 is 0 Å². The summed E-state index contributed by atoms with van der Waals surface area (Å²) in [5, 5.41) is 9.54. The van der Waals surface area contributed by atoms with Gasteiger partial charge in [-0.05, 0) is 25.3 Å². The summed E-state index contributed by atoms with van der Waals surface area (Å²) in [4.78, 5) is 25.9. The van der Waals surface area contributed by atoms with Gasteiger partial charge in [0, 0.05) is 25.6 Å². The van der Waals surface area contributed by atoms with Crippen molar-refractivity contribution in [2.45, 2.75) is 37.9 Å². The van der Waals surface area contributed by atoms with Crippen LogP contribution in [0.5, 0.6) is 0 Å². The molecule has 2 heterocycles. The molecule has 4 unspecified atom stereocenters. The molecule has 136 valence electrons. The van der Waals surface area contributed by atoms with E-state index < -0.39 is 18.0 Å². The average Bonchev–Trinajstić information content (AvgIpc) is 3.29. The Kier molecular flexibility index (Phi) is 5.71. The van der Waals surface area contributed by atoms with Gasteiger partial charge in [-0.15, -0.1) is 0 Å². The van der Waals surface area contributed by atoms with Crippen LogP contribution in [0.2, 0.25) is 0 Å². The number of carboxylic acids is 1. The topological polar surface area (TPSA) is 76.1 Å². The predicted octanol–water partition coefficient (Wildman–Crippen LogP) is 1.90. The Morgan fingerprint density at radius 3 is 2.72 bits per heavy atom. The second-order valence-electron chi connectivity index (χ2n) is 6.82. The van der Waals surface area contributed by atoms with Crippen LogP contribution in [0.3, 0.4) is 0 Å². The number of carboxylic acid groups (broad SMARTS) is 1. The Morgan fingerprint density at radius 1 is 1.32 bits per heavy atom. The third-order valence-corrected chi connectivity index (χ3v) is 5.08. The quantitative estimate of drug-likeness (QED) is 0.850. The van der Waals surface area contributed by atoms with Gasteiger partial charge in [0.25, 0.3) is 5.91 Å². The average molecular weight is 347 g/mol. The molecule has 0 spiro atoms. The summed E-state index contributed by atoms with van der Waals surface area (Å²) in [6, 6.07) is 9.54. The number of aliphatic carboxylic acids is 1. The van der Waals surface area contributed by atoms with Gasteiger partial charge in [0.1, 0.15) is 6.10 Å². The largest absolute Gasteiger partial charge is 0.481 e. The van der Waals surface area contributed by atoms with E-state index in [4.69, 9.17) is 9.47 Å². The molecule has 6 nitrogen and oxygen atoms in total. The fourth-order valence-electron chi connectivity index (χ4n) is 3.63. The van der Waals surface area contributed by atoms with Crippen LogP contribution in [-0.4, -0.2) is 60.4 Å². The lowest BCUT2D eigenvalue weighted by Crippen LogP contribution is -2.39. The molecule has 3 rings (SSSR count). The number of carbonyl (C=O) groups is 2. The summed E-state index contributed by atoms with van der Waals surface area (Å²) in [5.41, 5.74) is 0.957. The minimum atomic E-state index is -0.864. The van der Waals surface area contributed by atoms with E-state index in [2.05, 4.69) is 0 Å². The van der Waals surface area contributed by atoms with Crippen LogP contribution in [0.4, 0.5) is 0 Å². The molecule has 1 amide bonds. The molecule has 0 saturated carbocycles. The first kappa shape index (κ1) is 17.9. The standard InChI is InChI=1S/C19H25NO5/c1-13(25-12-15-8-5-9-24-15)18(21)20-10-16(17(11-20)19(22)23)14-6-3-2-4-7-14/h2-4,6-7,13,15-17H,5,8-12H2,1H3,(H,22,23). The molecule has 1 aromatic carbocycles. The van der Waals surface area contributed by atoms with Crippen LogP contribution < -0.4 is 0 Å². The molecule has 0 radical (unpaired) electrons. The van der Waals surface area contributed by atoms with Gasteiger partial charge >= 0.3 is 5.97 Å². The molecule has 0 bridgehead atoms. The highest BCUT2D eigenvalue weighted by Gasteiger charge is 2.41. The van der Waals surface area contributed by atoms with Crippen LogP contribution in [0.1, 0.15) is 31.2 Å². The number of nitrogens with zero attached hydrogens (tertiary/aromatic N) is 1. The summed E-state index contributed by atoms with van der Waals surface area (Å²) in [7, 11) is 0. The SMILES string of the molecule is CC(OCC1CCCO1)C(=O)N1CC(C(=O)O)C(c2ccccc2)C1. The Labute approximate surface area is 147 Å². The number of ether oxygens (including phenoxy) is 2. The van der Waals surface area contributed by atoms with Crippen molar-refractivity contribution in [1.29, 1.82) is 0 Å². The molecule has 2 saturated heterocycles.